The molecule has 4 heterocycles. The van der Waals surface area contributed by atoms with Crippen LogP contribution in [0, 0.1) is 0 Å². The van der Waals surface area contributed by atoms with Gasteiger partial charge in [-0.05, 0) is 66.9 Å². The van der Waals surface area contributed by atoms with Crippen LogP contribution in [-0.4, -0.2) is 41.2 Å². The molecule has 0 N–H and O–H groups in total. The molecule has 1 aromatic carbocycles. The van der Waals surface area contributed by atoms with Gasteiger partial charge in [-0.15, -0.1) is 0 Å². The van der Waals surface area contributed by atoms with Crippen LogP contribution >= 0.6 is 0 Å². The third kappa shape index (κ3) is 2.61. The highest BCUT2D eigenvalue weighted by Crippen LogP contribution is 2.36. The minimum absolute atomic E-state index is 0.432. The van der Waals surface area contributed by atoms with Gasteiger partial charge in [-0.2, -0.15) is 5.10 Å². The molecule has 0 spiro atoms. The van der Waals surface area contributed by atoms with Crippen molar-refractivity contribution >= 4 is 11.2 Å². The highest BCUT2D eigenvalue weighted by Gasteiger charge is 2.26. The Kier molecular flexibility index (Phi) is 3.52. The fraction of sp³-hybridized carbons (Fsp3) is 0.381. The van der Waals surface area contributed by atoms with E-state index in [-0.39, 0.29) is 0 Å². The lowest BCUT2D eigenvalue weighted by atomic mass is 9.84. The first-order chi connectivity index (χ1) is 12.3. The molecule has 5 rings (SSSR count). The molecule has 25 heavy (non-hydrogen) atoms. The van der Waals surface area contributed by atoms with Gasteiger partial charge in [0.1, 0.15) is 0 Å². The summed E-state index contributed by atoms with van der Waals surface area (Å²) >= 11 is 0. The SMILES string of the molecule is CN1Cc2cc(N3CCCC3)ccc2C(c2ccn3nccc3c2)C1. The predicted molar refractivity (Wildman–Crippen MR) is 101 cm³/mol. The molecule has 128 valence electrons. The summed E-state index contributed by atoms with van der Waals surface area (Å²) in [5.74, 6) is 0.432. The Bertz CT molecular complexity index is 907. The highest BCUT2D eigenvalue weighted by molar-refractivity contribution is 5.56. The van der Waals surface area contributed by atoms with Gasteiger partial charge in [0.25, 0.3) is 0 Å². The molecular weight excluding hydrogens is 308 g/mol. The van der Waals surface area contributed by atoms with Crippen LogP contribution in [0.15, 0.2) is 48.8 Å². The van der Waals surface area contributed by atoms with Gasteiger partial charge < -0.3 is 9.80 Å². The summed E-state index contributed by atoms with van der Waals surface area (Å²) in [4.78, 5) is 4.98. The summed E-state index contributed by atoms with van der Waals surface area (Å²) in [6.07, 6.45) is 6.59. The molecule has 4 heteroatoms. The first-order valence-corrected chi connectivity index (χ1v) is 9.27. The number of aromatic nitrogens is 2. The Morgan fingerprint density at radius 1 is 1.04 bits per heavy atom. The second-order valence-electron chi connectivity index (χ2n) is 7.49. The van der Waals surface area contributed by atoms with Crippen molar-refractivity contribution in [3.05, 3.63) is 65.5 Å². The Morgan fingerprint density at radius 2 is 1.92 bits per heavy atom. The van der Waals surface area contributed by atoms with Crippen LogP contribution in [0.25, 0.3) is 5.52 Å². The average Bonchev–Trinajstić information content (AvgIpc) is 3.31. The highest BCUT2D eigenvalue weighted by atomic mass is 15.2. The van der Waals surface area contributed by atoms with Crippen molar-refractivity contribution in [2.24, 2.45) is 0 Å². The third-order valence-corrected chi connectivity index (χ3v) is 5.73. The fourth-order valence-corrected chi connectivity index (χ4v) is 4.45. The molecule has 1 fully saturated rings. The van der Waals surface area contributed by atoms with E-state index >= 15 is 0 Å². The normalized spacial score (nSPS) is 21.0. The summed E-state index contributed by atoms with van der Waals surface area (Å²) in [6, 6.07) is 13.7. The number of pyridine rings is 1. The molecule has 0 bridgehead atoms. The summed E-state index contributed by atoms with van der Waals surface area (Å²) in [5.41, 5.74) is 6.92. The molecular formula is C21H24N4. The summed E-state index contributed by atoms with van der Waals surface area (Å²) in [5, 5.41) is 4.32. The largest absolute Gasteiger partial charge is 0.372 e. The lowest BCUT2D eigenvalue weighted by Gasteiger charge is -2.33. The van der Waals surface area contributed by atoms with Crippen molar-refractivity contribution in [2.75, 3.05) is 31.6 Å². The summed E-state index contributed by atoms with van der Waals surface area (Å²) < 4.78 is 1.94. The Hall–Kier alpha value is -2.33. The zero-order valence-corrected chi connectivity index (χ0v) is 14.7. The van der Waals surface area contributed by atoms with Gasteiger partial charge >= 0.3 is 0 Å². The maximum atomic E-state index is 4.32. The van der Waals surface area contributed by atoms with Gasteiger partial charge in [-0.3, -0.25) is 0 Å². The molecule has 1 saturated heterocycles. The second kappa shape index (κ2) is 5.88. The molecule has 2 aromatic heterocycles. The molecule has 1 unspecified atom stereocenters. The zero-order chi connectivity index (χ0) is 16.8. The van der Waals surface area contributed by atoms with E-state index in [0.717, 1.165) is 13.1 Å². The summed E-state index contributed by atoms with van der Waals surface area (Å²) in [6.45, 7) is 4.52. The minimum atomic E-state index is 0.432. The maximum Gasteiger partial charge on any atom is 0.0664 e. The van der Waals surface area contributed by atoms with Crippen LogP contribution in [0.4, 0.5) is 5.69 Å². The van der Waals surface area contributed by atoms with Crippen molar-refractivity contribution in [3.8, 4) is 0 Å². The van der Waals surface area contributed by atoms with Gasteiger partial charge in [0.05, 0.1) is 5.52 Å². The van der Waals surface area contributed by atoms with E-state index in [1.165, 1.54) is 53.8 Å². The van der Waals surface area contributed by atoms with Crippen LogP contribution < -0.4 is 4.90 Å². The topological polar surface area (TPSA) is 23.8 Å². The molecule has 0 amide bonds. The van der Waals surface area contributed by atoms with E-state index in [1.54, 1.807) is 0 Å². The second-order valence-corrected chi connectivity index (χ2v) is 7.49. The number of hydrogen-bond donors (Lipinski definition) is 0. The number of likely N-dealkylation sites (N-methyl/N-ethyl adjacent to an activating group) is 1. The molecule has 2 aliphatic rings. The molecule has 3 aromatic rings. The molecule has 0 saturated carbocycles. The van der Waals surface area contributed by atoms with E-state index in [1.807, 2.05) is 10.7 Å². The van der Waals surface area contributed by atoms with Crippen molar-refractivity contribution in [3.63, 3.8) is 0 Å². The molecule has 4 nitrogen and oxygen atoms in total. The fourth-order valence-electron chi connectivity index (χ4n) is 4.45. The first kappa shape index (κ1) is 15.0. The minimum Gasteiger partial charge on any atom is -0.372 e. The number of rotatable bonds is 2. The van der Waals surface area contributed by atoms with Gasteiger partial charge in [0.2, 0.25) is 0 Å². The van der Waals surface area contributed by atoms with E-state index in [2.05, 4.69) is 64.5 Å². The van der Waals surface area contributed by atoms with E-state index in [0.29, 0.717) is 5.92 Å². The molecule has 1 atom stereocenters. The zero-order valence-electron chi connectivity index (χ0n) is 14.7. The van der Waals surface area contributed by atoms with Crippen molar-refractivity contribution in [2.45, 2.75) is 25.3 Å². The van der Waals surface area contributed by atoms with E-state index < -0.39 is 0 Å². The van der Waals surface area contributed by atoms with Gasteiger partial charge in [0, 0.05) is 50.2 Å². The lowest BCUT2D eigenvalue weighted by molar-refractivity contribution is 0.295. The van der Waals surface area contributed by atoms with Crippen molar-refractivity contribution < 1.29 is 0 Å². The maximum absolute atomic E-state index is 4.32. The molecule has 2 aliphatic heterocycles. The lowest BCUT2D eigenvalue weighted by Crippen LogP contribution is -2.31. The van der Waals surface area contributed by atoms with E-state index in [9.17, 15) is 0 Å². The van der Waals surface area contributed by atoms with Crippen molar-refractivity contribution in [1.82, 2.24) is 14.5 Å². The Morgan fingerprint density at radius 3 is 2.80 bits per heavy atom. The number of anilines is 1. The quantitative estimate of drug-likeness (QED) is 0.717. The molecule has 0 radical (unpaired) electrons. The number of hydrogen-bond acceptors (Lipinski definition) is 3. The monoisotopic (exact) mass is 332 g/mol. The van der Waals surface area contributed by atoms with Gasteiger partial charge in [0.15, 0.2) is 0 Å². The molecule has 0 aliphatic carbocycles. The standard InChI is InChI=1S/C21H24N4/c1-23-14-17-13-18(24-9-2-3-10-24)4-5-20(17)21(15-23)16-7-11-25-19(12-16)6-8-22-25/h4-8,11-13,21H,2-3,9-10,14-15H2,1H3. The van der Waals surface area contributed by atoms with Crippen LogP contribution in [-0.2, 0) is 6.54 Å². The number of fused-ring (bicyclic) bond motifs is 2. The predicted octanol–water partition coefficient (Wildman–Crippen LogP) is 3.51. The Labute approximate surface area is 148 Å². The van der Waals surface area contributed by atoms with Crippen LogP contribution in [0.1, 0.15) is 35.4 Å². The van der Waals surface area contributed by atoms with E-state index in [4.69, 9.17) is 0 Å². The summed E-state index contributed by atoms with van der Waals surface area (Å²) in [7, 11) is 2.23. The van der Waals surface area contributed by atoms with Crippen LogP contribution in [0.5, 0.6) is 0 Å². The smallest absolute Gasteiger partial charge is 0.0664 e. The van der Waals surface area contributed by atoms with Crippen LogP contribution in [0.3, 0.4) is 0 Å². The Balaban J connectivity index is 1.55. The van der Waals surface area contributed by atoms with Crippen LogP contribution in [0.2, 0.25) is 0 Å². The third-order valence-electron chi connectivity index (χ3n) is 5.73. The van der Waals surface area contributed by atoms with Gasteiger partial charge in [-0.1, -0.05) is 6.07 Å². The average molecular weight is 332 g/mol. The number of nitrogens with zero attached hydrogens (tertiary/aromatic N) is 4. The van der Waals surface area contributed by atoms with Gasteiger partial charge in [-0.25, -0.2) is 4.52 Å². The first-order valence-electron chi connectivity index (χ1n) is 9.27. The number of benzene rings is 1. The van der Waals surface area contributed by atoms with Crippen molar-refractivity contribution in [1.29, 1.82) is 0 Å².